The highest BCUT2D eigenvalue weighted by Gasteiger charge is 2.21. The first-order valence-electron chi connectivity index (χ1n) is 6.16. The van der Waals surface area contributed by atoms with Crippen LogP contribution in [0, 0.1) is 18.8 Å². The molecule has 2 N–H and O–H groups in total. The molecule has 0 aliphatic heterocycles. The average molecular weight is 223 g/mol. The lowest BCUT2D eigenvalue weighted by Gasteiger charge is -2.26. The van der Waals surface area contributed by atoms with E-state index in [2.05, 4.69) is 6.92 Å². The molecule has 1 aromatic rings. The molecule has 0 bridgehead atoms. The topological polar surface area (TPSA) is 45.4 Å². The molecule has 16 heavy (non-hydrogen) atoms. The SMILES string of the molecule is Cc1cc(O)n(CC2CCC(C)CC2)c1O. The van der Waals surface area contributed by atoms with Gasteiger partial charge in [0.2, 0.25) is 0 Å². The van der Waals surface area contributed by atoms with Crippen LogP contribution in [0.1, 0.15) is 38.2 Å². The number of aryl methyl sites for hydroxylation is 1. The van der Waals surface area contributed by atoms with Gasteiger partial charge in [0.1, 0.15) is 0 Å². The van der Waals surface area contributed by atoms with Crippen molar-refractivity contribution in [1.29, 1.82) is 0 Å². The molecule has 1 aromatic heterocycles. The molecule has 2 rings (SSSR count). The predicted octanol–water partition coefficient (Wildman–Crippen LogP) is 3.03. The largest absolute Gasteiger partial charge is 0.494 e. The van der Waals surface area contributed by atoms with Crippen molar-refractivity contribution >= 4 is 0 Å². The zero-order chi connectivity index (χ0) is 11.7. The third-order valence-electron chi connectivity index (χ3n) is 3.81. The van der Waals surface area contributed by atoms with E-state index in [0.717, 1.165) is 18.0 Å². The molecule has 0 atom stereocenters. The Labute approximate surface area is 96.7 Å². The van der Waals surface area contributed by atoms with Crippen molar-refractivity contribution < 1.29 is 10.2 Å². The van der Waals surface area contributed by atoms with Gasteiger partial charge in [0.15, 0.2) is 11.8 Å². The van der Waals surface area contributed by atoms with E-state index in [1.807, 2.05) is 6.92 Å². The summed E-state index contributed by atoms with van der Waals surface area (Å²) in [5.41, 5.74) is 0.752. The summed E-state index contributed by atoms with van der Waals surface area (Å²) < 4.78 is 1.63. The highest BCUT2D eigenvalue weighted by Crippen LogP contribution is 2.33. The summed E-state index contributed by atoms with van der Waals surface area (Å²) in [6.07, 6.45) is 4.95. The molecular formula is C13H21NO2. The van der Waals surface area contributed by atoms with Crippen molar-refractivity contribution in [3.05, 3.63) is 11.6 Å². The third kappa shape index (κ3) is 2.18. The van der Waals surface area contributed by atoms with Crippen LogP contribution in [-0.2, 0) is 6.54 Å². The standard InChI is InChI=1S/C13H21NO2/c1-9-3-5-11(6-4-9)8-14-12(15)7-10(2)13(14)16/h7,9,11,15-16H,3-6,8H2,1-2H3. The first-order chi connectivity index (χ1) is 7.58. The van der Waals surface area contributed by atoms with Crippen LogP contribution in [0.5, 0.6) is 11.8 Å². The van der Waals surface area contributed by atoms with E-state index in [1.54, 1.807) is 10.6 Å². The van der Waals surface area contributed by atoms with Crippen LogP contribution in [-0.4, -0.2) is 14.8 Å². The first kappa shape index (κ1) is 11.4. The van der Waals surface area contributed by atoms with Gasteiger partial charge in [-0.1, -0.05) is 19.8 Å². The molecule has 1 heterocycles. The Bertz CT molecular complexity index is 362. The number of aromatic hydroxyl groups is 2. The molecule has 0 aromatic carbocycles. The van der Waals surface area contributed by atoms with Crippen molar-refractivity contribution in [2.75, 3.05) is 0 Å². The van der Waals surface area contributed by atoms with E-state index in [-0.39, 0.29) is 11.8 Å². The molecule has 0 spiro atoms. The van der Waals surface area contributed by atoms with Gasteiger partial charge in [-0.15, -0.1) is 0 Å². The maximum absolute atomic E-state index is 9.80. The molecule has 1 fully saturated rings. The molecule has 1 aliphatic rings. The minimum absolute atomic E-state index is 0.189. The van der Waals surface area contributed by atoms with Gasteiger partial charge in [-0.05, 0) is 31.6 Å². The molecule has 0 amide bonds. The van der Waals surface area contributed by atoms with Gasteiger partial charge in [0.05, 0.1) is 0 Å². The third-order valence-corrected chi connectivity index (χ3v) is 3.81. The fourth-order valence-corrected chi connectivity index (χ4v) is 2.61. The first-order valence-corrected chi connectivity index (χ1v) is 6.16. The maximum Gasteiger partial charge on any atom is 0.196 e. The number of aromatic nitrogens is 1. The molecule has 1 aliphatic carbocycles. The second kappa shape index (κ2) is 4.40. The van der Waals surface area contributed by atoms with E-state index in [0.29, 0.717) is 5.92 Å². The molecule has 3 nitrogen and oxygen atoms in total. The Morgan fingerprint density at radius 2 is 1.88 bits per heavy atom. The second-order valence-corrected chi connectivity index (χ2v) is 5.25. The van der Waals surface area contributed by atoms with Crippen LogP contribution in [0.3, 0.4) is 0 Å². The average Bonchev–Trinajstić information content (AvgIpc) is 2.48. The fraction of sp³-hybridized carbons (Fsp3) is 0.692. The highest BCUT2D eigenvalue weighted by molar-refractivity contribution is 5.33. The van der Waals surface area contributed by atoms with Crippen molar-refractivity contribution in [2.24, 2.45) is 11.8 Å². The Kier molecular flexibility index (Phi) is 3.13. The summed E-state index contributed by atoms with van der Waals surface area (Å²) in [6, 6.07) is 1.63. The Balaban J connectivity index is 2.03. The van der Waals surface area contributed by atoms with E-state index < -0.39 is 0 Å². The second-order valence-electron chi connectivity index (χ2n) is 5.25. The molecule has 0 unspecified atom stereocenters. The van der Waals surface area contributed by atoms with Crippen LogP contribution < -0.4 is 0 Å². The quantitative estimate of drug-likeness (QED) is 0.809. The minimum atomic E-state index is 0.189. The lowest BCUT2D eigenvalue weighted by Crippen LogP contribution is -2.17. The Hall–Kier alpha value is -1.12. The Morgan fingerprint density at radius 3 is 2.38 bits per heavy atom. The van der Waals surface area contributed by atoms with Crippen LogP contribution in [0.4, 0.5) is 0 Å². The van der Waals surface area contributed by atoms with Gasteiger partial charge >= 0.3 is 0 Å². The predicted molar refractivity (Wildman–Crippen MR) is 63.6 cm³/mol. The van der Waals surface area contributed by atoms with Crippen molar-refractivity contribution in [2.45, 2.75) is 46.1 Å². The maximum atomic E-state index is 9.80. The van der Waals surface area contributed by atoms with Crippen molar-refractivity contribution in [1.82, 2.24) is 4.57 Å². The van der Waals surface area contributed by atoms with E-state index in [4.69, 9.17) is 0 Å². The molecule has 90 valence electrons. The van der Waals surface area contributed by atoms with Gasteiger partial charge in [0.25, 0.3) is 0 Å². The summed E-state index contributed by atoms with van der Waals surface area (Å²) in [6.45, 7) is 4.86. The van der Waals surface area contributed by atoms with Gasteiger partial charge in [-0.3, -0.25) is 4.57 Å². The van der Waals surface area contributed by atoms with Gasteiger partial charge in [0, 0.05) is 18.2 Å². The number of rotatable bonds is 2. The van der Waals surface area contributed by atoms with Crippen molar-refractivity contribution in [3.63, 3.8) is 0 Å². The number of nitrogens with zero attached hydrogens (tertiary/aromatic N) is 1. The summed E-state index contributed by atoms with van der Waals surface area (Å²) in [5.74, 6) is 1.84. The zero-order valence-electron chi connectivity index (χ0n) is 10.1. The van der Waals surface area contributed by atoms with Crippen LogP contribution >= 0.6 is 0 Å². The summed E-state index contributed by atoms with van der Waals surface area (Å²) in [5, 5.41) is 19.5. The summed E-state index contributed by atoms with van der Waals surface area (Å²) in [7, 11) is 0. The molecule has 3 heteroatoms. The smallest absolute Gasteiger partial charge is 0.196 e. The van der Waals surface area contributed by atoms with E-state index in [9.17, 15) is 10.2 Å². The molecule has 0 radical (unpaired) electrons. The van der Waals surface area contributed by atoms with Crippen LogP contribution in [0.25, 0.3) is 0 Å². The molecular weight excluding hydrogens is 202 g/mol. The van der Waals surface area contributed by atoms with Crippen LogP contribution in [0.2, 0.25) is 0 Å². The number of hydrogen-bond donors (Lipinski definition) is 2. The summed E-state index contributed by atoms with van der Waals surface area (Å²) >= 11 is 0. The summed E-state index contributed by atoms with van der Waals surface area (Å²) in [4.78, 5) is 0. The Morgan fingerprint density at radius 1 is 1.25 bits per heavy atom. The normalized spacial score (nSPS) is 25.9. The minimum Gasteiger partial charge on any atom is -0.494 e. The van der Waals surface area contributed by atoms with Crippen molar-refractivity contribution in [3.8, 4) is 11.8 Å². The lowest BCUT2D eigenvalue weighted by molar-refractivity contribution is 0.246. The zero-order valence-corrected chi connectivity index (χ0v) is 10.1. The van der Waals surface area contributed by atoms with Gasteiger partial charge in [-0.25, -0.2) is 0 Å². The molecule has 1 saturated carbocycles. The lowest BCUT2D eigenvalue weighted by atomic mass is 9.83. The van der Waals surface area contributed by atoms with Gasteiger partial charge < -0.3 is 10.2 Å². The monoisotopic (exact) mass is 223 g/mol. The van der Waals surface area contributed by atoms with Crippen LogP contribution in [0.15, 0.2) is 6.07 Å². The number of hydrogen-bond acceptors (Lipinski definition) is 2. The molecule has 0 saturated heterocycles. The van der Waals surface area contributed by atoms with E-state index in [1.165, 1.54) is 25.7 Å². The van der Waals surface area contributed by atoms with Gasteiger partial charge in [-0.2, -0.15) is 0 Å². The van der Waals surface area contributed by atoms with E-state index >= 15 is 0 Å². The fourth-order valence-electron chi connectivity index (χ4n) is 2.61. The highest BCUT2D eigenvalue weighted by atomic mass is 16.3.